The van der Waals surface area contributed by atoms with Gasteiger partial charge in [0.2, 0.25) is 0 Å². The van der Waals surface area contributed by atoms with Gasteiger partial charge in [-0.15, -0.1) is 0 Å². The maximum Gasteiger partial charge on any atom is 0.0400 e. The highest BCUT2D eigenvalue weighted by atomic mass is 15.1. The second-order valence-electron chi connectivity index (χ2n) is 5.94. The standard InChI is InChI=1S/C19H24N2/c1-16-6-5-7-18(14-16)20-15-17-8-10-19(11-9-17)21-12-3-2-4-13-21/h5-11,14,20H,2-4,12-13,15H2,1H3. The Kier molecular flexibility index (Phi) is 4.44. The first-order chi connectivity index (χ1) is 10.3. The Balaban J connectivity index is 1.59. The Labute approximate surface area is 127 Å². The molecule has 0 unspecified atom stereocenters. The number of rotatable bonds is 4. The Bertz CT molecular complexity index is 568. The molecule has 0 radical (unpaired) electrons. The van der Waals surface area contributed by atoms with Gasteiger partial charge in [-0.25, -0.2) is 0 Å². The van der Waals surface area contributed by atoms with Gasteiger partial charge in [0.15, 0.2) is 0 Å². The summed E-state index contributed by atoms with van der Waals surface area (Å²) in [5.74, 6) is 0. The van der Waals surface area contributed by atoms with E-state index >= 15 is 0 Å². The van der Waals surface area contributed by atoms with Crippen molar-refractivity contribution in [3.05, 3.63) is 59.7 Å². The minimum Gasteiger partial charge on any atom is -0.381 e. The molecule has 0 bridgehead atoms. The largest absolute Gasteiger partial charge is 0.381 e. The van der Waals surface area contributed by atoms with Crippen molar-refractivity contribution in [1.29, 1.82) is 0 Å². The molecule has 110 valence electrons. The number of aryl methyl sites for hydroxylation is 1. The highest BCUT2D eigenvalue weighted by Gasteiger charge is 2.10. The molecule has 0 atom stereocenters. The van der Waals surface area contributed by atoms with Crippen LogP contribution in [0.3, 0.4) is 0 Å². The Morgan fingerprint density at radius 2 is 1.71 bits per heavy atom. The van der Waals surface area contributed by atoms with Crippen molar-refractivity contribution >= 4 is 11.4 Å². The third kappa shape index (κ3) is 3.78. The van der Waals surface area contributed by atoms with Crippen LogP contribution >= 0.6 is 0 Å². The van der Waals surface area contributed by atoms with Gasteiger partial charge in [0.1, 0.15) is 0 Å². The monoisotopic (exact) mass is 280 g/mol. The summed E-state index contributed by atoms with van der Waals surface area (Å²) in [7, 11) is 0. The van der Waals surface area contributed by atoms with Gasteiger partial charge in [0.05, 0.1) is 0 Å². The van der Waals surface area contributed by atoms with E-state index in [-0.39, 0.29) is 0 Å². The Morgan fingerprint density at radius 3 is 2.43 bits per heavy atom. The molecule has 1 aliphatic heterocycles. The number of nitrogens with zero attached hydrogens (tertiary/aromatic N) is 1. The molecule has 0 saturated carbocycles. The van der Waals surface area contributed by atoms with Crippen molar-refractivity contribution in [2.45, 2.75) is 32.7 Å². The van der Waals surface area contributed by atoms with Gasteiger partial charge in [-0.3, -0.25) is 0 Å². The van der Waals surface area contributed by atoms with E-state index in [1.54, 1.807) is 0 Å². The number of hydrogen-bond donors (Lipinski definition) is 1. The number of benzene rings is 2. The molecule has 2 aromatic rings. The SMILES string of the molecule is Cc1cccc(NCc2ccc(N3CCCCC3)cc2)c1. The Hall–Kier alpha value is -1.96. The van der Waals surface area contributed by atoms with Gasteiger partial charge in [0, 0.05) is 31.0 Å². The maximum absolute atomic E-state index is 3.49. The summed E-state index contributed by atoms with van der Waals surface area (Å²) in [6.07, 6.45) is 4.04. The minimum atomic E-state index is 0.879. The van der Waals surface area contributed by atoms with E-state index in [1.807, 2.05) is 0 Å². The van der Waals surface area contributed by atoms with Crippen molar-refractivity contribution in [2.24, 2.45) is 0 Å². The van der Waals surface area contributed by atoms with Crippen LogP contribution in [0.2, 0.25) is 0 Å². The molecule has 0 spiro atoms. The molecule has 2 aromatic carbocycles. The first-order valence-electron chi connectivity index (χ1n) is 7.96. The van der Waals surface area contributed by atoms with Crippen LogP contribution in [-0.2, 0) is 6.54 Å². The van der Waals surface area contributed by atoms with Gasteiger partial charge < -0.3 is 10.2 Å². The van der Waals surface area contributed by atoms with E-state index in [0.717, 1.165) is 6.54 Å². The summed E-state index contributed by atoms with van der Waals surface area (Å²) < 4.78 is 0. The first-order valence-corrected chi connectivity index (χ1v) is 7.96. The minimum absolute atomic E-state index is 0.879. The second kappa shape index (κ2) is 6.66. The zero-order chi connectivity index (χ0) is 14.5. The van der Waals surface area contributed by atoms with Crippen LogP contribution in [-0.4, -0.2) is 13.1 Å². The number of hydrogen-bond acceptors (Lipinski definition) is 2. The summed E-state index contributed by atoms with van der Waals surface area (Å²) in [6, 6.07) is 17.5. The molecule has 1 heterocycles. The average molecular weight is 280 g/mol. The van der Waals surface area contributed by atoms with Crippen molar-refractivity contribution in [3.8, 4) is 0 Å². The van der Waals surface area contributed by atoms with Crippen molar-refractivity contribution < 1.29 is 0 Å². The third-order valence-corrected chi connectivity index (χ3v) is 4.17. The topological polar surface area (TPSA) is 15.3 Å². The summed E-state index contributed by atoms with van der Waals surface area (Å²) in [5, 5.41) is 3.49. The molecule has 1 saturated heterocycles. The number of anilines is 2. The molecule has 1 fully saturated rings. The van der Waals surface area contributed by atoms with Gasteiger partial charge in [0.25, 0.3) is 0 Å². The summed E-state index contributed by atoms with van der Waals surface area (Å²) in [4.78, 5) is 2.50. The Morgan fingerprint density at radius 1 is 0.952 bits per heavy atom. The molecule has 21 heavy (non-hydrogen) atoms. The molecule has 0 amide bonds. The number of piperidine rings is 1. The molecule has 1 aliphatic rings. The smallest absolute Gasteiger partial charge is 0.0400 e. The lowest BCUT2D eigenvalue weighted by molar-refractivity contribution is 0.578. The van der Waals surface area contributed by atoms with Crippen LogP contribution in [0.4, 0.5) is 11.4 Å². The summed E-state index contributed by atoms with van der Waals surface area (Å²) >= 11 is 0. The lowest BCUT2D eigenvalue weighted by atomic mass is 10.1. The lowest BCUT2D eigenvalue weighted by Crippen LogP contribution is -2.29. The lowest BCUT2D eigenvalue weighted by Gasteiger charge is -2.28. The second-order valence-corrected chi connectivity index (χ2v) is 5.94. The number of nitrogens with one attached hydrogen (secondary N) is 1. The van der Waals surface area contributed by atoms with Gasteiger partial charge >= 0.3 is 0 Å². The molecular formula is C19H24N2. The predicted molar refractivity (Wildman–Crippen MR) is 91.0 cm³/mol. The highest BCUT2D eigenvalue weighted by Crippen LogP contribution is 2.20. The fraction of sp³-hybridized carbons (Fsp3) is 0.368. The van der Waals surface area contributed by atoms with Crippen LogP contribution < -0.4 is 10.2 Å². The molecular weight excluding hydrogens is 256 g/mol. The zero-order valence-electron chi connectivity index (χ0n) is 12.8. The van der Waals surface area contributed by atoms with E-state index in [0.29, 0.717) is 0 Å². The van der Waals surface area contributed by atoms with Crippen LogP contribution in [0.25, 0.3) is 0 Å². The fourth-order valence-corrected chi connectivity index (χ4v) is 2.94. The molecule has 3 rings (SSSR count). The normalized spacial score (nSPS) is 15.0. The van der Waals surface area contributed by atoms with Crippen LogP contribution in [0, 0.1) is 6.92 Å². The van der Waals surface area contributed by atoms with Crippen LogP contribution in [0.15, 0.2) is 48.5 Å². The van der Waals surface area contributed by atoms with Crippen molar-refractivity contribution in [1.82, 2.24) is 0 Å². The molecule has 2 heteroatoms. The maximum atomic E-state index is 3.49. The fourth-order valence-electron chi connectivity index (χ4n) is 2.94. The molecule has 1 N–H and O–H groups in total. The van der Waals surface area contributed by atoms with Crippen molar-refractivity contribution in [3.63, 3.8) is 0 Å². The molecule has 0 aromatic heterocycles. The van der Waals surface area contributed by atoms with Crippen molar-refractivity contribution in [2.75, 3.05) is 23.3 Å². The van der Waals surface area contributed by atoms with E-state index in [9.17, 15) is 0 Å². The first kappa shape index (κ1) is 14.0. The zero-order valence-corrected chi connectivity index (χ0v) is 12.8. The van der Waals surface area contributed by atoms with Gasteiger partial charge in [-0.2, -0.15) is 0 Å². The summed E-state index contributed by atoms with van der Waals surface area (Å²) in [5.41, 5.74) is 5.18. The van der Waals surface area contributed by atoms with Gasteiger partial charge in [-0.05, 0) is 61.6 Å². The van der Waals surface area contributed by atoms with Crippen LogP contribution in [0.5, 0.6) is 0 Å². The van der Waals surface area contributed by atoms with E-state index < -0.39 is 0 Å². The molecule has 0 aliphatic carbocycles. The molecule has 2 nitrogen and oxygen atoms in total. The quantitative estimate of drug-likeness (QED) is 0.880. The third-order valence-electron chi connectivity index (χ3n) is 4.17. The van der Waals surface area contributed by atoms with Crippen LogP contribution in [0.1, 0.15) is 30.4 Å². The average Bonchev–Trinajstić information content (AvgIpc) is 2.54. The van der Waals surface area contributed by atoms with E-state index in [1.165, 1.54) is 54.9 Å². The predicted octanol–water partition coefficient (Wildman–Crippen LogP) is 4.60. The van der Waals surface area contributed by atoms with E-state index in [2.05, 4.69) is 65.7 Å². The van der Waals surface area contributed by atoms with Gasteiger partial charge in [-0.1, -0.05) is 24.3 Å². The van der Waals surface area contributed by atoms with E-state index in [4.69, 9.17) is 0 Å². The summed E-state index contributed by atoms with van der Waals surface area (Å²) in [6.45, 7) is 5.42. The highest BCUT2D eigenvalue weighted by molar-refractivity contribution is 5.49.